The van der Waals surface area contributed by atoms with Gasteiger partial charge in [-0.2, -0.15) is 0 Å². The number of aryl methyl sites for hydroxylation is 2. The second kappa shape index (κ2) is 6.73. The molecule has 0 fully saturated rings. The number of hydrogen-bond acceptors (Lipinski definition) is 2. The number of aliphatic carboxylic acids is 1. The van der Waals surface area contributed by atoms with E-state index in [1.54, 1.807) is 0 Å². The quantitative estimate of drug-likeness (QED) is 0.770. The van der Waals surface area contributed by atoms with Gasteiger partial charge in [0.15, 0.2) is 0 Å². The van der Waals surface area contributed by atoms with Crippen molar-refractivity contribution in [2.45, 2.75) is 32.7 Å². The van der Waals surface area contributed by atoms with Crippen molar-refractivity contribution in [2.75, 3.05) is 0 Å². The Labute approximate surface area is 113 Å². The van der Waals surface area contributed by atoms with E-state index < -0.39 is 12.0 Å². The van der Waals surface area contributed by atoms with Crippen LogP contribution in [0.2, 0.25) is 0 Å². The molecule has 4 heteroatoms. The molecule has 1 unspecified atom stereocenters. The lowest BCUT2D eigenvalue weighted by molar-refractivity contribution is -0.141. The molecule has 0 saturated heterocycles. The minimum Gasteiger partial charge on any atom is -0.480 e. The van der Waals surface area contributed by atoms with Crippen LogP contribution in [0.5, 0.6) is 0 Å². The molecule has 0 bridgehead atoms. The van der Waals surface area contributed by atoms with E-state index in [1.165, 1.54) is 11.6 Å². The molecule has 0 aliphatic carbocycles. The Bertz CT molecular complexity index is 494. The van der Waals surface area contributed by atoms with Crippen molar-refractivity contribution in [2.24, 2.45) is 0 Å². The lowest BCUT2D eigenvalue weighted by atomic mass is 10.0. The van der Waals surface area contributed by atoms with Gasteiger partial charge in [0.05, 0.1) is 6.42 Å². The summed E-state index contributed by atoms with van der Waals surface area (Å²) in [7, 11) is 0. The fraction of sp³-hybridized carbons (Fsp3) is 0.333. The van der Waals surface area contributed by atoms with Gasteiger partial charge in [0.25, 0.3) is 0 Å². The monoisotopic (exact) mass is 261 g/mol. The fourth-order valence-electron chi connectivity index (χ4n) is 1.73. The Morgan fingerprint density at radius 3 is 2.58 bits per heavy atom. The maximum Gasteiger partial charge on any atom is 0.326 e. The first-order valence-electron chi connectivity index (χ1n) is 6.13. The summed E-state index contributed by atoms with van der Waals surface area (Å²) < 4.78 is 0. The van der Waals surface area contributed by atoms with Gasteiger partial charge < -0.3 is 10.4 Å². The van der Waals surface area contributed by atoms with Crippen LogP contribution in [0.25, 0.3) is 0 Å². The van der Waals surface area contributed by atoms with Crippen molar-refractivity contribution in [3.63, 3.8) is 0 Å². The van der Waals surface area contributed by atoms with Gasteiger partial charge in [0.1, 0.15) is 6.04 Å². The highest BCUT2D eigenvalue weighted by Crippen LogP contribution is 2.10. The van der Waals surface area contributed by atoms with Gasteiger partial charge >= 0.3 is 5.97 Å². The molecule has 0 aromatic heterocycles. The van der Waals surface area contributed by atoms with Crippen LogP contribution in [0.15, 0.2) is 30.9 Å². The standard InChI is InChI=1S/C15H19NO3/c1-4-5-13(15(18)19)16-14(17)9-12-7-6-10(2)11(3)8-12/h4,6-8,13H,1,5,9H2,2-3H3,(H,16,17)(H,18,19). The summed E-state index contributed by atoms with van der Waals surface area (Å²) in [6.07, 6.45) is 1.88. The van der Waals surface area contributed by atoms with Gasteiger partial charge in [0.2, 0.25) is 5.91 Å². The second-order valence-corrected chi connectivity index (χ2v) is 4.58. The summed E-state index contributed by atoms with van der Waals surface area (Å²) in [5.74, 6) is -1.34. The van der Waals surface area contributed by atoms with Crippen LogP contribution in [0.3, 0.4) is 0 Å². The number of hydrogen-bond donors (Lipinski definition) is 2. The highest BCUT2D eigenvalue weighted by molar-refractivity contribution is 5.85. The van der Waals surface area contributed by atoms with Crippen LogP contribution in [-0.2, 0) is 16.0 Å². The van der Waals surface area contributed by atoms with E-state index in [1.807, 2.05) is 32.0 Å². The molecule has 2 N–H and O–H groups in total. The Balaban J connectivity index is 2.65. The van der Waals surface area contributed by atoms with Crippen molar-refractivity contribution in [3.8, 4) is 0 Å². The third kappa shape index (κ3) is 4.58. The van der Waals surface area contributed by atoms with Gasteiger partial charge in [-0.3, -0.25) is 4.79 Å². The zero-order chi connectivity index (χ0) is 14.4. The van der Waals surface area contributed by atoms with E-state index in [9.17, 15) is 9.59 Å². The second-order valence-electron chi connectivity index (χ2n) is 4.58. The average Bonchev–Trinajstić information content (AvgIpc) is 2.33. The van der Waals surface area contributed by atoms with Crippen molar-refractivity contribution >= 4 is 11.9 Å². The molecule has 0 heterocycles. The molecule has 0 saturated carbocycles. The largest absolute Gasteiger partial charge is 0.480 e. The molecule has 0 aliphatic heterocycles. The number of carboxylic acids is 1. The van der Waals surface area contributed by atoms with E-state index in [4.69, 9.17) is 5.11 Å². The number of carbonyl (C=O) groups is 2. The molecule has 4 nitrogen and oxygen atoms in total. The maximum absolute atomic E-state index is 11.8. The first-order valence-corrected chi connectivity index (χ1v) is 6.13. The maximum atomic E-state index is 11.8. The summed E-state index contributed by atoms with van der Waals surface area (Å²) in [5.41, 5.74) is 3.16. The zero-order valence-corrected chi connectivity index (χ0v) is 11.3. The van der Waals surface area contributed by atoms with E-state index in [-0.39, 0.29) is 18.7 Å². The van der Waals surface area contributed by atoms with Crippen LogP contribution in [0, 0.1) is 13.8 Å². The van der Waals surface area contributed by atoms with Gasteiger partial charge in [-0.05, 0) is 37.0 Å². The first kappa shape index (κ1) is 15.0. The fourth-order valence-corrected chi connectivity index (χ4v) is 1.73. The number of nitrogens with one attached hydrogen (secondary N) is 1. The molecule has 0 spiro atoms. The van der Waals surface area contributed by atoms with Gasteiger partial charge in [0, 0.05) is 0 Å². The molecule has 0 aliphatic rings. The van der Waals surface area contributed by atoms with E-state index in [0.717, 1.165) is 11.1 Å². The average molecular weight is 261 g/mol. The topological polar surface area (TPSA) is 66.4 Å². The highest BCUT2D eigenvalue weighted by atomic mass is 16.4. The van der Waals surface area contributed by atoms with E-state index in [2.05, 4.69) is 11.9 Å². The predicted molar refractivity (Wildman–Crippen MR) is 74.0 cm³/mol. The Morgan fingerprint density at radius 1 is 1.37 bits per heavy atom. The van der Waals surface area contributed by atoms with Crippen LogP contribution in [-0.4, -0.2) is 23.0 Å². The number of benzene rings is 1. The van der Waals surface area contributed by atoms with Crippen molar-refractivity contribution in [1.29, 1.82) is 0 Å². The molecular weight excluding hydrogens is 242 g/mol. The van der Waals surface area contributed by atoms with Crippen LogP contribution in [0.1, 0.15) is 23.1 Å². The molecule has 1 rings (SSSR count). The SMILES string of the molecule is C=CCC(NC(=O)Cc1ccc(C)c(C)c1)C(=O)O. The lowest BCUT2D eigenvalue weighted by Crippen LogP contribution is -2.41. The third-order valence-electron chi connectivity index (χ3n) is 2.97. The van der Waals surface area contributed by atoms with E-state index in [0.29, 0.717) is 0 Å². The molecule has 1 aromatic rings. The Morgan fingerprint density at radius 2 is 2.05 bits per heavy atom. The van der Waals surface area contributed by atoms with E-state index >= 15 is 0 Å². The van der Waals surface area contributed by atoms with Gasteiger partial charge in [-0.1, -0.05) is 24.3 Å². The number of rotatable bonds is 6. The molecule has 1 aromatic carbocycles. The summed E-state index contributed by atoms with van der Waals surface area (Å²) >= 11 is 0. The third-order valence-corrected chi connectivity index (χ3v) is 2.97. The number of carboxylic acid groups (broad SMARTS) is 1. The molecule has 0 radical (unpaired) electrons. The number of amides is 1. The van der Waals surface area contributed by atoms with Crippen molar-refractivity contribution in [3.05, 3.63) is 47.5 Å². The van der Waals surface area contributed by atoms with Crippen LogP contribution >= 0.6 is 0 Å². The highest BCUT2D eigenvalue weighted by Gasteiger charge is 2.18. The van der Waals surface area contributed by atoms with Crippen LogP contribution in [0.4, 0.5) is 0 Å². The first-order chi connectivity index (χ1) is 8.93. The molecule has 102 valence electrons. The zero-order valence-electron chi connectivity index (χ0n) is 11.3. The lowest BCUT2D eigenvalue weighted by Gasteiger charge is -2.13. The van der Waals surface area contributed by atoms with Crippen molar-refractivity contribution in [1.82, 2.24) is 5.32 Å². The predicted octanol–water partition coefficient (Wildman–Crippen LogP) is 1.99. The van der Waals surface area contributed by atoms with Gasteiger partial charge in [-0.25, -0.2) is 4.79 Å². The molecule has 1 atom stereocenters. The smallest absolute Gasteiger partial charge is 0.326 e. The Kier molecular flexibility index (Phi) is 5.30. The van der Waals surface area contributed by atoms with Crippen molar-refractivity contribution < 1.29 is 14.7 Å². The minimum atomic E-state index is -1.05. The summed E-state index contributed by atoms with van der Waals surface area (Å²) in [4.78, 5) is 22.7. The normalized spacial score (nSPS) is 11.7. The Hall–Kier alpha value is -2.10. The summed E-state index contributed by atoms with van der Waals surface area (Å²) in [5, 5.41) is 11.4. The molecule has 1 amide bonds. The molecule has 19 heavy (non-hydrogen) atoms. The summed E-state index contributed by atoms with van der Waals surface area (Å²) in [6.45, 7) is 7.47. The molecular formula is C15H19NO3. The van der Waals surface area contributed by atoms with Crippen LogP contribution < -0.4 is 5.32 Å². The number of carbonyl (C=O) groups excluding carboxylic acids is 1. The summed E-state index contributed by atoms with van der Waals surface area (Å²) in [6, 6.07) is 4.87. The minimum absolute atomic E-state index is 0.183. The van der Waals surface area contributed by atoms with Gasteiger partial charge in [-0.15, -0.1) is 6.58 Å².